The molecule has 0 bridgehead atoms. The zero-order valence-electron chi connectivity index (χ0n) is 23.9. The molecular weight excluding hydrogens is 573 g/mol. The Balaban J connectivity index is 1.49. The van der Waals surface area contributed by atoms with E-state index in [1.807, 2.05) is 9.80 Å². The van der Waals surface area contributed by atoms with E-state index in [-0.39, 0.29) is 11.8 Å². The first-order valence-corrected chi connectivity index (χ1v) is 18.3. The van der Waals surface area contributed by atoms with Gasteiger partial charge in [0, 0.05) is 22.5 Å². The molecule has 8 heteroatoms. The molecule has 40 heavy (non-hydrogen) atoms. The number of thiophene rings is 4. The largest absolute Gasteiger partial charge is 0.305 e. The smallest absolute Gasteiger partial charge is 0.260 e. The van der Waals surface area contributed by atoms with E-state index in [4.69, 9.17) is 0 Å². The van der Waals surface area contributed by atoms with Crippen LogP contribution in [0.1, 0.15) is 88.8 Å². The Hall–Kier alpha value is -2.00. The van der Waals surface area contributed by atoms with Gasteiger partial charge in [0.25, 0.3) is 11.8 Å². The molecule has 4 aromatic rings. The Morgan fingerprint density at radius 3 is 1.48 bits per heavy atom. The number of carbonyl (C=O) groups is 2. The maximum atomic E-state index is 14.5. The van der Waals surface area contributed by atoms with Crippen molar-refractivity contribution in [3.63, 3.8) is 0 Å². The van der Waals surface area contributed by atoms with Crippen LogP contribution >= 0.6 is 45.3 Å². The van der Waals surface area contributed by atoms with Crippen molar-refractivity contribution < 1.29 is 9.59 Å². The first-order valence-electron chi connectivity index (χ1n) is 14.9. The van der Waals surface area contributed by atoms with Crippen LogP contribution in [0.25, 0.3) is 29.9 Å². The summed E-state index contributed by atoms with van der Waals surface area (Å²) >= 11 is 6.81. The molecule has 0 saturated carbocycles. The van der Waals surface area contributed by atoms with Gasteiger partial charge in [-0.25, -0.2) is 0 Å². The zero-order chi connectivity index (χ0) is 28.0. The summed E-state index contributed by atoms with van der Waals surface area (Å²) in [7, 11) is 0. The molecule has 2 aliphatic rings. The van der Waals surface area contributed by atoms with Crippen LogP contribution in [0.3, 0.4) is 0 Å². The summed E-state index contributed by atoms with van der Waals surface area (Å²) in [6, 6.07) is 4.33. The highest BCUT2D eigenvalue weighted by Gasteiger charge is 2.46. The molecule has 4 nitrogen and oxygen atoms in total. The van der Waals surface area contributed by atoms with Gasteiger partial charge in [0.1, 0.15) is 0 Å². The number of nitrogens with zero attached hydrogens (tertiary/aromatic N) is 2. The van der Waals surface area contributed by atoms with E-state index < -0.39 is 0 Å². The first-order chi connectivity index (χ1) is 19.5. The zero-order valence-corrected chi connectivity index (χ0v) is 27.1. The van der Waals surface area contributed by atoms with Gasteiger partial charge in [-0.2, -0.15) is 0 Å². The van der Waals surface area contributed by atoms with E-state index >= 15 is 0 Å². The number of carbonyl (C=O) groups excluding carboxylic acids is 2. The average molecular weight is 611 g/mol. The third kappa shape index (κ3) is 4.59. The second-order valence-corrected chi connectivity index (χ2v) is 15.1. The molecule has 4 aromatic heterocycles. The molecule has 2 unspecified atom stereocenters. The highest BCUT2D eigenvalue weighted by atomic mass is 32.1. The lowest BCUT2D eigenvalue weighted by Crippen LogP contribution is -2.34. The van der Waals surface area contributed by atoms with Crippen LogP contribution in [-0.2, 0) is 9.59 Å². The standard InChI is InChI=1S/C32H38N2O2S4/c1-5-9-11-19(7-3)17-33-25-27-21(13-15-37-27)39-29(25)23(31(33)35)24-30-26(28-22(40-30)14-16-38-28)34(32(24)36)18-20(8-4)12-10-6-2/h13-16,19-20H,5-12,17-18H2,1-4H3. The molecule has 0 spiro atoms. The molecule has 0 saturated heterocycles. The van der Waals surface area contributed by atoms with E-state index in [0.29, 0.717) is 23.0 Å². The number of fused-ring (bicyclic) bond motifs is 6. The van der Waals surface area contributed by atoms with E-state index in [9.17, 15) is 9.59 Å². The molecule has 0 aromatic carbocycles. The van der Waals surface area contributed by atoms with E-state index in [2.05, 4.69) is 50.6 Å². The minimum Gasteiger partial charge on any atom is -0.305 e. The van der Waals surface area contributed by atoms with Crippen molar-refractivity contribution >= 4 is 98.5 Å². The highest BCUT2D eigenvalue weighted by molar-refractivity contribution is 7.30. The summed E-state index contributed by atoms with van der Waals surface area (Å²) in [5, 5.41) is 4.25. The minimum atomic E-state index is 0.0254. The lowest BCUT2D eigenvalue weighted by atomic mass is 9.98. The predicted molar refractivity (Wildman–Crippen MR) is 178 cm³/mol. The third-order valence-corrected chi connectivity index (χ3v) is 13.1. The molecule has 0 fully saturated rings. The van der Waals surface area contributed by atoms with Crippen molar-refractivity contribution in [1.29, 1.82) is 0 Å². The lowest BCUT2D eigenvalue weighted by Gasteiger charge is -2.24. The van der Waals surface area contributed by atoms with Gasteiger partial charge in [-0.1, -0.05) is 66.2 Å². The second kappa shape index (κ2) is 11.7. The van der Waals surface area contributed by atoms with Gasteiger partial charge >= 0.3 is 0 Å². The van der Waals surface area contributed by atoms with E-state index in [1.54, 1.807) is 45.3 Å². The Morgan fingerprint density at radius 2 is 1.10 bits per heavy atom. The van der Waals surface area contributed by atoms with Crippen LogP contribution in [-0.4, -0.2) is 24.9 Å². The van der Waals surface area contributed by atoms with Gasteiger partial charge in [0.2, 0.25) is 0 Å². The minimum absolute atomic E-state index is 0.0254. The van der Waals surface area contributed by atoms with Gasteiger partial charge in [-0.3, -0.25) is 9.59 Å². The SMILES string of the molecule is CCCCC(CC)CN1C(=O)C(=C2C(=O)N(CC(CC)CCCC)c3c2sc2ccsc32)c2sc3ccsc3c21. The van der Waals surface area contributed by atoms with Crippen LogP contribution in [0.5, 0.6) is 0 Å². The average Bonchev–Trinajstić information content (AvgIpc) is 3.77. The van der Waals surface area contributed by atoms with Crippen LogP contribution in [0.15, 0.2) is 22.9 Å². The van der Waals surface area contributed by atoms with Crippen molar-refractivity contribution in [3.8, 4) is 0 Å². The lowest BCUT2D eigenvalue weighted by molar-refractivity contribution is -0.114. The van der Waals surface area contributed by atoms with Crippen LogP contribution < -0.4 is 9.80 Å². The fourth-order valence-electron chi connectivity index (χ4n) is 6.26. The van der Waals surface area contributed by atoms with Crippen LogP contribution in [0, 0.1) is 11.8 Å². The number of rotatable bonds is 12. The maximum absolute atomic E-state index is 14.5. The summed E-state index contributed by atoms with van der Waals surface area (Å²) in [5.74, 6) is 0.964. The fourth-order valence-corrected chi connectivity index (χ4v) is 11.1. The molecule has 0 radical (unpaired) electrons. The van der Waals surface area contributed by atoms with Crippen LogP contribution in [0.2, 0.25) is 0 Å². The van der Waals surface area contributed by atoms with Gasteiger partial charge in [0.05, 0.1) is 41.7 Å². The number of anilines is 2. The second-order valence-electron chi connectivity index (χ2n) is 11.2. The summed E-state index contributed by atoms with van der Waals surface area (Å²) in [5.41, 5.74) is 3.41. The van der Waals surface area contributed by atoms with Gasteiger partial charge in [-0.05, 0) is 47.6 Å². The van der Waals surface area contributed by atoms with Gasteiger partial charge in [-0.15, -0.1) is 45.3 Å². The predicted octanol–water partition coefficient (Wildman–Crippen LogP) is 10.3. The molecule has 0 aliphatic carbocycles. The number of hydrogen-bond donors (Lipinski definition) is 0. The molecular formula is C32H38N2O2S4. The Labute approximate surface area is 253 Å². The third-order valence-electron chi connectivity index (χ3n) is 8.67. The van der Waals surface area contributed by atoms with Gasteiger partial charge < -0.3 is 9.80 Å². The van der Waals surface area contributed by atoms with E-state index in [0.717, 1.165) is 72.7 Å². The Morgan fingerprint density at radius 1 is 0.675 bits per heavy atom. The first kappa shape index (κ1) is 28.1. The summed E-state index contributed by atoms with van der Waals surface area (Å²) in [6.07, 6.45) is 9.05. The monoisotopic (exact) mass is 610 g/mol. The fraction of sp³-hybridized carbons (Fsp3) is 0.500. The molecule has 212 valence electrons. The summed E-state index contributed by atoms with van der Waals surface area (Å²) in [4.78, 5) is 35.0. The topological polar surface area (TPSA) is 40.6 Å². The Kier molecular flexibility index (Phi) is 8.23. The summed E-state index contributed by atoms with van der Waals surface area (Å²) < 4.78 is 4.81. The number of unbranched alkanes of at least 4 members (excludes halogenated alkanes) is 2. The van der Waals surface area contributed by atoms with Crippen molar-refractivity contribution in [2.45, 2.75) is 79.1 Å². The molecule has 0 N–H and O–H groups in total. The van der Waals surface area contributed by atoms with E-state index in [1.165, 1.54) is 31.6 Å². The number of amides is 2. The highest BCUT2D eigenvalue weighted by Crippen LogP contribution is 2.57. The van der Waals surface area contributed by atoms with Crippen LogP contribution in [0.4, 0.5) is 11.4 Å². The van der Waals surface area contributed by atoms with Crippen molar-refractivity contribution in [2.75, 3.05) is 22.9 Å². The molecule has 6 heterocycles. The normalized spacial score (nSPS) is 18.5. The maximum Gasteiger partial charge on any atom is 0.260 e. The molecule has 2 amide bonds. The van der Waals surface area contributed by atoms with Gasteiger partial charge in [0.15, 0.2) is 0 Å². The molecule has 2 aliphatic heterocycles. The quantitative estimate of drug-likeness (QED) is 0.150. The molecule has 6 rings (SSSR count). The Bertz CT molecular complexity index is 1470. The van der Waals surface area contributed by atoms with Crippen molar-refractivity contribution in [3.05, 3.63) is 32.6 Å². The number of hydrogen-bond acceptors (Lipinski definition) is 6. The van der Waals surface area contributed by atoms with Crippen molar-refractivity contribution in [2.24, 2.45) is 11.8 Å². The molecule has 2 atom stereocenters. The van der Waals surface area contributed by atoms with Crippen molar-refractivity contribution in [1.82, 2.24) is 0 Å². The summed E-state index contributed by atoms with van der Waals surface area (Å²) in [6.45, 7) is 10.4.